The maximum atomic E-state index is 11.5. The third kappa shape index (κ3) is 7.07. The maximum absolute atomic E-state index is 11.5. The first-order chi connectivity index (χ1) is 7.73. The topological polar surface area (TPSA) is 61.8 Å². The van der Waals surface area contributed by atoms with Crippen LogP contribution in [-0.2, 0) is 23.8 Å². The van der Waals surface area contributed by atoms with Gasteiger partial charge in [-0.15, -0.1) is 0 Å². The van der Waals surface area contributed by atoms with Crippen molar-refractivity contribution in [3.8, 4) is 0 Å². The summed E-state index contributed by atoms with van der Waals surface area (Å²) in [4.78, 5) is 22.9. The zero-order valence-electron chi connectivity index (χ0n) is 11.4. The summed E-state index contributed by atoms with van der Waals surface area (Å²) in [5.74, 6) is -1.38. The molecule has 0 aliphatic carbocycles. The first kappa shape index (κ1) is 16.1. The predicted octanol–water partition coefficient (Wildman–Crippen LogP) is 1.68. The first-order valence-corrected chi connectivity index (χ1v) is 5.80. The number of hydrogen-bond donors (Lipinski definition) is 0. The van der Waals surface area contributed by atoms with E-state index < -0.39 is 24.1 Å². The van der Waals surface area contributed by atoms with Crippen molar-refractivity contribution in [2.24, 2.45) is 0 Å². The Kier molecular flexibility index (Phi) is 6.99. The van der Waals surface area contributed by atoms with Crippen molar-refractivity contribution < 1.29 is 23.8 Å². The molecule has 5 heteroatoms. The summed E-state index contributed by atoms with van der Waals surface area (Å²) in [6, 6.07) is 0. The van der Waals surface area contributed by atoms with Crippen LogP contribution < -0.4 is 0 Å². The lowest BCUT2D eigenvalue weighted by Crippen LogP contribution is -2.33. The van der Waals surface area contributed by atoms with Gasteiger partial charge in [0.1, 0.15) is 0 Å². The maximum Gasteiger partial charge on any atom is 0.342 e. The molecule has 0 heterocycles. The monoisotopic (exact) mass is 246 g/mol. The largest absolute Gasteiger partial charge is 0.389 e. The molecule has 0 aliphatic heterocycles. The standard InChI is InChI=1S/C12H22O5/c1-7(2)15-9(5)11(13)17-12(14)10(6)16-8(3)4/h7-10H,1-6H3/t9-,10-/m0/s1. The molecule has 0 saturated carbocycles. The van der Waals surface area contributed by atoms with E-state index in [4.69, 9.17) is 9.47 Å². The fourth-order valence-electron chi connectivity index (χ4n) is 1.19. The van der Waals surface area contributed by atoms with Crippen molar-refractivity contribution in [1.82, 2.24) is 0 Å². The van der Waals surface area contributed by atoms with Crippen LogP contribution in [-0.4, -0.2) is 36.4 Å². The summed E-state index contributed by atoms with van der Waals surface area (Å²) in [5, 5.41) is 0. The highest BCUT2D eigenvalue weighted by Crippen LogP contribution is 2.04. The summed E-state index contributed by atoms with van der Waals surface area (Å²) in [6.45, 7) is 10.3. The molecule has 0 aromatic heterocycles. The van der Waals surface area contributed by atoms with Crippen LogP contribution in [0.15, 0.2) is 0 Å². The van der Waals surface area contributed by atoms with E-state index in [0.717, 1.165) is 0 Å². The lowest BCUT2D eigenvalue weighted by molar-refractivity contribution is -0.176. The third-order valence-electron chi connectivity index (χ3n) is 1.82. The molecule has 0 spiro atoms. The van der Waals surface area contributed by atoms with Crippen LogP contribution in [0.2, 0.25) is 0 Å². The molecule has 0 unspecified atom stereocenters. The van der Waals surface area contributed by atoms with Crippen LogP contribution in [0.1, 0.15) is 41.5 Å². The van der Waals surface area contributed by atoms with Crippen molar-refractivity contribution in [2.45, 2.75) is 66.0 Å². The molecule has 2 atom stereocenters. The minimum Gasteiger partial charge on any atom is -0.389 e. The van der Waals surface area contributed by atoms with Gasteiger partial charge in [-0.1, -0.05) is 0 Å². The van der Waals surface area contributed by atoms with E-state index in [1.54, 1.807) is 41.5 Å². The molecule has 0 rings (SSSR count). The van der Waals surface area contributed by atoms with Crippen LogP contribution in [0.5, 0.6) is 0 Å². The Labute approximate surface area is 102 Å². The van der Waals surface area contributed by atoms with Crippen LogP contribution in [0, 0.1) is 0 Å². The Balaban J connectivity index is 4.15. The van der Waals surface area contributed by atoms with Crippen molar-refractivity contribution in [1.29, 1.82) is 0 Å². The Morgan fingerprint density at radius 2 is 1.00 bits per heavy atom. The fourth-order valence-corrected chi connectivity index (χ4v) is 1.19. The number of ether oxygens (including phenoxy) is 3. The first-order valence-electron chi connectivity index (χ1n) is 5.80. The van der Waals surface area contributed by atoms with Gasteiger partial charge < -0.3 is 14.2 Å². The van der Waals surface area contributed by atoms with Crippen molar-refractivity contribution in [3.63, 3.8) is 0 Å². The molecule has 17 heavy (non-hydrogen) atoms. The predicted molar refractivity (Wildman–Crippen MR) is 62.5 cm³/mol. The Morgan fingerprint density at radius 3 is 1.24 bits per heavy atom. The van der Waals surface area contributed by atoms with E-state index in [0.29, 0.717) is 0 Å². The number of hydrogen-bond acceptors (Lipinski definition) is 5. The van der Waals surface area contributed by atoms with E-state index >= 15 is 0 Å². The molecular formula is C12H22O5. The normalized spacial score (nSPS) is 14.8. The van der Waals surface area contributed by atoms with Gasteiger partial charge in [0.2, 0.25) is 0 Å². The molecule has 0 N–H and O–H groups in total. The molecule has 0 saturated heterocycles. The summed E-state index contributed by atoms with van der Waals surface area (Å²) < 4.78 is 15.1. The van der Waals surface area contributed by atoms with Gasteiger partial charge in [0, 0.05) is 0 Å². The summed E-state index contributed by atoms with van der Waals surface area (Å²) >= 11 is 0. The summed E-state index contributed by atoms with van der Waals surface area (Å²) in [6.07, 6.45) is -1.72. The second-order valence-corrected chi connectivity index (χ2v) is 4.39. The lowest BCUT2D eigenvalue weighted by atomic mass is 10.3. The van der Waals surface area contributed by atoms with Crippen molar-refractivity contribution in [3.05, 3.63) is 0 Å². The molecule has 0 fully saturated rings. The highest BCUT2D eigenvalue weighted by molar-refractivity contribution is 5.89. The van der Waals surface area contributed by atoms with Gasteiger partial charge in [0.15, 0.2) is 12.2 Å². The van der Waals surface area contributed by atoms with Crippen molar-refractivity contribution >= 4 is 11.9 Å². The van der Waals surface area contributed by atoms with Gasteiger partial charge in [-0.05, 0) is 41.5 Å². The third-order valence-corrected chi connectivity index (χ3v) is 1.82. The highest BCUT2D eigenvalue weighted by Gasteiger charge is 2.24. The van der Waals surface area contributed by atoms with Gasteiger partial charge in [-0.25, -0.2) is 9.59 Å². The number of rotatable bonds is 6. The minimum atomic E-state index is -0.759. The average Bonchev–Trinajstić information content (AvgIpc) is 2.15. The molecule has 0 aromatic rings. The molecule has 0 radical (unpaired) electrons. The average molecular weight is 246 g/mol. The Morgan fingerprint density at radius 1 is 0.706 bits per heavy atom. The fraction of sp³-hybridized carbons (Fsp3) is 0.833. The van der Waals surface area contributed by atoms with E-state index in [9.17, 15) is 9.59 Å². The van der Waals surface area contributed by atoms with E-state index in [-0.39, 0.29) is 12.2 Å². The molecule has 0 aromatic carbocycles. The van der Waals surface area contributed by atoms with E-state index in [1.165, 1.54) is 0 Å². The number of carbonyl (C=O) groups excluding carboxylic acids is 2. The zero-order chi connectivity index (χ0) is 13.6. The number of esters is 2. The molecule has 0 bridgehead atoms. The van der Waals surface area contributed by atoms with E-state index in [1.807, 2.05) is 0 Å². The molecule has 0 aliphatic rings. The summed E-state index contributed by atoms with van der Waals surface area (Å²) in [5.41, 5.74) is 0. The molecule has 5 nitrogen and oxygen atoms in total. The molecule has 100 valence electrons. The van der Waals surface area contributed by atoms with Crippen LogP contribution >= 0.6 is 0 Å². The number of carbonyl (C=O) groups is 2. The van der Waals surface area contributed by atoms with E-state index in [2.05, 4.69) is 4.74 Å². The SMILES string of the molecule is CC(C)O[C@@H](C)C(=O)OC(=O)[C@H](C)OC(C)C. The highest BCUT2D eigenvalue weighted by atomic mass is 16.6. The summed E-state index contributed by atoms with van der Waals surface area (Å²) in [7, 11) is 0. The lowest BCUT2D eigenvalue weighted by Gasteiger charge is -2.17. The quantitative estimate of drug-likeness (QED) is 0.527. The van der Waals surface area contributed by atoms with Crippen LogP contribution in [0.3, 0.4) is 0 Å². The second-order valence-electron chi connectivity index (χ2n) is 4.39. The van der Waals surface area contributed by atoms with Gasteiger partial charge in [0.05, 0.1) is 12.2 Å². The van der Waals surface area contributed by atoms with Gasteiger partial charge in [0.25, 0.3) is 0 Å². The molecule has 0 amide bonds. The molecular weight excluding hydrogens is 224 g/mol. The Bertz CT molecular complexity index is 234. The van der Waals surface area contributed by atoms with Gasteiger partial charge in [-0.3, -0.25) is 0 Å². The van der Waals surface area contributed by atoms with Crippen LogP contribution in [0.4, 0.5) is 0 Å². The van der Waals surface area contributed by atoms with Gasteiger partial charge >= 0.3 is 11.9 Å². The smallest absolute Gasteiger partial charge is 0.342 e. The van der Waals surface area contributed by atoms with Gasteiger partial charge in [-0.2, -0.15) is 0 Å². The van der Waals surface area contributed by atoms with Crippen LogP contribution in [0.25, 0.3) is 0 Å². The minimum absolute atomic E-state index is 0.100. The zero-order valence-corrected chi connectivity index (χ0v) is 11.4. The van der Waals surface area contributed by atoms with Crippen molar-refractivity contribution in [2.75, 3.05) is 0 Å². The second kappa shape index (κ2) is 7.40. The Hall–Kier alpha value is -0.940.